The van der Waals surface area contributed by atoms with Gasteiger partial charge in [-0.1, -0.05) is 0 Å². The Labute approximate surface area is 171 Å². The van der Waals surface area contributed by atoms with Crippen LogP contribution in [0.15, 0.2) is 16.3 Å². The van der Waals surface area contributed by atoms with E-state index < -0.39 is 10.0 Å². The summed E-state index contributed by atoms with van der Waals surface area (Å²) in [5, 5.41) is 3.42. The summed E-state index contributed by atoms with van der Waals surface area (Å²) in [5.74, 6) is -0.0377. The highest BCUT2D eigenvalue weighted by Crippen LogP contribution is 2.33. The number of carbonyl (C=O) groups excluding carboxylic acids is 1. The van der Waals surface area contributed by atoms with Crippen LogP contribution in [0.2, 0.25) is 0 Å². The number of rotatable bonds is 3. The number of amides is 1. The van der Waals surface area contributed by atoms with Crippen molar-refractivity contribution in [2.24, 2.45) is 5.92 Å². The van der Waals surface area contributed by atoms with Crippen molar-refractivity contribution in [3.63, 3.8) is 0 Å². The second-order valence-corrected chi connectivity index (χ2v) is 11.1. The molecule has 9 heteroatoms. The number of aryl methyl sites for hydroxylation is 1. The number of nitrogens with zero attached hydrogens (tertiary/aromatic N) is 2. The third kappa shape index (κ3) is 4.05. The number of halogens is 1. The average Bonchev–Trinajstić information content (AvgIpc) is 3.17. The Morgan fingerprint density at radius 2 is 1.96 bits per heavy atom. The van der Waals surface area contributed by atoms with Crippen LogP contribution in [-0.2, 0) is 14.8 Å². The van der Waals surface area contributed by atoms with E-state index in [1.807, 2.05) is 13.0 Å². The molecule has 3 atom stereocenters. The van der Waals surface area contributed by atoms with Crippen LogP contribution >= 0.6 is 23.7 Å². The number of piperidine rings is 1. The van der Waals surface area contributed by atoms with Gasteiger partial charge in [-0.2, -0.15) is 4.31 Å². The van der Waals surface area contributed by atoms with E-state index in [0.717, 1.165) is 50.1 Å². The van der Waals surface area contributed by atoms with Gasteiger partial charge >= 0.3 is 0 Å². The van der Waals surface area contributed by atoms with E-state index in [1.165, 1.54) is 15.6 Å². The zero-order valence-electron chi connectivity index (χ0n) is 15.6. The Bertz CT molecular complexity index is 769. The van der Waals surface area contributed by atoms with Gasteiger partial charge in [-0.15, -0.1) is 23.7 Å². The molecule has 1 amide bonds. The van der Waals surface area contributed by atoms with Crippen molar-refractivity contribution in [1.29, 1.82) is 0 Å². The fourth-order valence-corrected chi connectivity index (χ4v) is 7.55. The third-order valence-electron chi connectivity index (χ3n) is 5.95. The normalized spacial score (nSPS) is 29.2. The summed E-state index contributed by atoms with van der Waals surface area (Å²) in [6, 6.07) is 4.13. The van der Waals surface area contributed by atoms with Crippen molar-refractivity contribution < 1.29 is 13.2 Å². The quantitative estimate of drug-likeness (QED) is 0.793. The number of hydrogen-bond acceptors (Lipinski definition) is 5. The average molecular weight is 434 g/mol. The van der Waals surface area contributed by atoms with Gasteiger partial charge in [-0.3, -0.25) is 4.79 Å². The van der Waals surface area contributed by atoms with Crippen LogP contribution in [0.5, 0.6) is 0 Å². The van der Waals surface area contributed by atoms with Gasteiger partial charge in [0.2, 0.25) is 5.91 Å². The number of carbonyl (C=O) groups is 1. The summed E-state index contributed by atoms with van der Waals surface area (Å²) in [6.07, 6.45) is 4.69. The van der Waals surface area contributed by atoms with Crippen molar-refractivity contribution in [1.82, 2.24) is 14.5 Å². The molecule has 4 rings (SSSR count). The fourth-order valence-electron chi connectivity index (χ4n) is 4.59. The number of thiophene rings is 1. The van der Waals surface area contributed by atoms with E-state index in [1.54, 1.807) is 6.07 Å². The van der Waals surface area contributed by atoms with Gasteiger partial charge in [0.15, 0.2) is 0 Å². The lowest BCUT2D eigenvalue weighted by Gasteiger charge is -2.36. The van der Waals surface area contributed by atoms with Gasteiger partial charge in [-0.05, 0) is 57.7 Å². The topological polar surface area (TPSA) is 69.7 Å². The highest BCUT2D eigenvalue weighted by atomic mass is 35.5. The first kappa shape index (κ1) is 21.0. The first-order chi connectivity index (χ1) is 12.5. The molecule has 4 heterocycles. The van der Waals surface area contributed by atoms with Gasteiger partial charge in [0.25, 0.3) is 10.0 Å². The van der Waals surface area contributed by atoms with Crippen molar-refractivity contribution >= 4 is 39.7 Å². The second-order valence-electron chi connectivity index (χ2n) is 7.69. The predicted molar refractivity (Wildman–Crippen MR) is 109 cm³/mol. The molecule has 3 unspecified atom stereocenters. The number of fused-ring (bicyclic) bond motifs is 2. The molecule has 1 aromatic heterocycles. The summed E-state index contributed by atoms with van der Waals surface area (Å²) in [7, 11) is -3.49. The van der Waals surface area contributed by atoms with E-state index >= 15 is 0 Å². The van der Waals surface area contributed by atoms with Crippen molar-refractivity contribution in [3.8, 4) is 0 Å². The molecule has 0 saturated carbocycles. The molecule has 152 valence electrons. The summed E-state index contributed by atoms with van der Waals surface area (Å²) in [4.78, 5) is 16.3. The highest BCUT2D eigenvalue weighted by Gasteiger charge is 2.42. The lowest BCUT2D eigenvalue weighted by atomic mass is 9.97. The molecule has 3 fully saturated rings. The number of sulfonamides is 1. The van der Waals surface area contributed by atoms with Crippen LogP contribution < -0.4 is 5.32 Å². The monoisotopic (exact) mass is 433 g/mol. The van der Waals surface area contributed by atoms with Crippen LogP contribution in [0.4, 0.5) is 0 Å². The van der Waals surface area contributed by atoms with Gasteiger partial charge in [0.1, 0.15) is 4.21 Å². The molecule has 0 spiro atoms. The minimum Gasteiger partial charge on any atom is -0.335 e. The first-order valence-electron chi connectivity index (χ1n) is 9.56. The minimum atomic E-state index is -3.49. The van der Waals surface area contributed by atoms with Crippen molar-refractivity contribution in [2.45, 2.75) is 55.3 Å². The van der Waals surface area contributed by atoms with E-state index in [2.05, 4.69) is 10.2 Å². The summed E-state index contributed by atoms with van der Waals surface area (Å²) < 4.78 is 27.8. The minimum absolute atomic E-state index is 0. The predicted octanol–water partition coefficient (Wildman–Crippen LogP) is 2.23. The third-order valence-corrected chi connectivity index (χ3v) is 9.29. The van der Waals surface area contributed by atoms with Crippen LogP contribution in [0.3, 0.4) is 0 Å². The maximum atomic E-state index is 13.3. The molecular weight excluding hydrogens is 406 g/mol. The van der Waals surface area contributed by atoms with Crippen LogP contribution in [-0.4, -0.2) is 61.8 Å². The standard InChI is InChI=1S/C18H27N3O3S2.ClH/c1-13-4-7-17(25-13)26(23,24)20-10-2-3-14(12-20)18(22)21-15-5-6-16(21)11-19-9-8-15;/h4,7,14-16,19H,2-3,5-6,8-12H2,1H3;1H. The molecule has 0 aliphatic carbocycles. The molecule has 3 aliphatic heterocycles. The maximum absolute atomic E-state index is 13.3. The molecular formula is C18H28ClN3O3S2. The van der Waals surface area contributed by atoms with Gasteiger partial charge in [-0.25, -0.2) is 8.42 Å². The maximum Gasteiger partial charge on any atom is 0.252 e. The molecule has 0 radical (unpaired) electrons. The Balaban J connectivity index is 0.00000210. The Morgan fingerprint density at radius 1 is 1.19 bits per heavy atom. The lowest BCUT2D eigenvalue weighted by Crippen LogP contribution is -2.50. The van der Waals surface area contributed by atoms with E-state index in [4.69, 9.17) is 0 Å². The van der Waals surface area contributed by atoms with Gasteiger partial charge in [0, 0.05) is 36.6 Å². The second kappa shape index (κ2) is 8.37. The molecule has 1 aromatic rings. The fraction of sp³-hybridized carbons (Fsp3) is 0.722. The highest BCUT2D eigenvalue weighted by molar-refractivity contribution is 7.91. The zero-order valence-corrected chi connectivity index (χ0v) is 18.0. The van der Waals surface area contributed by atoms with Crippen LogP contribution in [0.1, 0.15) is 37.0 Å². The number of hydrogen-bond donors (Lipinski definition) is 1. The Kier molecular flexibility index (Phi) is 6.52. The molecule has 1 N–H and O–H groups in total. The Hall–Kier alpha value is -0.670. The summed E-state index contributed by atoms with van der Waals surface area (Å²) >= 11 is 1.31. The molecule has 27 heavy (non-hydrogen) atoms. The van der Waals surface area contributed by atoms with Crippen molar-refractivity contribution in [2.75, 3.05) is 26.2 Å². The SMILES string of the molecule is Cc1ccc(S(=O)(=O)N2CCCC(C(=O)N3C4CCNCC3CC4)C2)s1.Cl. The van der Waals surface area contributed by atoms with E-state index in [0.29, 0.717) is 23.3 Å². The molecule has 3 saturated heterocycles. The van der Waals surface area contributed by atoms with E-state index in [-0.39, 0.29) is 30.3 Å². The van der Waals surface area contributed by atoms with Crippen molar-refractivity contribution in [3.05, 3.63) is 17.0 Å². The van der Waals surface area contributed by atoms with Gasteiger partial charge in [0.05, 0.1) is 5.92 Å². The molecule has 6 nitrogen and oxygen atoms in total. The summed E-state index contributed by atoms with van der Waals surface area (Å²) in [6.45, 7) is 4.58. The molecule has 0 aromatic carbocycles. The van der Waals surface area contributed by atoms with E-state index in [9.17, 15) is 13.2 Å². The Morgan fingerprint density at radius 3 is 2.70 bits per heavy atom. The first-order valence-corrected chi connectivity index (χ1v) is 11.8. The van der Waals surface area contributed by atoms with Crippen LogP contribution in [0, 0.1) is 12.8 Å². The van der Waals surface area contributed by atoms with Crippen LogP contribution in [0.25, 0.3) is 0 Å². The molecule has 3 aliphatic rings. The number of nitrogens with one attached hydrogen (secondary N) is 1. The zero-order chi connectivity index (χ0) is 18.3. The lowest BCUT2D eigenvalue weighted by molar-refractivity contribution is -0.139. The molecule has 2 bridgehead atoms. The largest absolute Gasteiger partial charge is 0.335 e. The summed E-state index contributed by atoms with van der Waals surface area (Å²) in [5.41, 5.74) is 0. The van der Waals surface area contributed by atoms with Gasteiger partial charge < -0.3 is 10.2 Å². The smallest absolute Gasteiger partial charge is 0.252 e.